The topological polar surface area (TPSA) is 48.4 Å². The average molecular weight is 309 g/mol. The molecule has 0 bridgehead atoms. The summed E-state index contributed by atoms with van der Waals surface area (Å²) in [6.45, 7) is 6.32. The Morgan fingerprint density at radius 1 is 1.41 bits per heavy atom. The quantitative estimate of drug-likeness (QED) is 0.780. The molecule has 1 aliphatic rings. The van der Waals surface area contributed by atoms with E-state index in [9.17, 15) is 9.18 Å². The van der Waals surface area contributed by atoms with Crippen LogP contribution in [-0.4, -0.2) is 23.7 Å². The Morgan fingerprint density at radius 2 is 2.18 bits per heavy atom. The molecular formula is C17H24FNO3. The molecule has 0 N–H and O–H groups in total. The monoisotopic (exact) mass is 309 g/mol. The van der Waals surface area contributed by atoms with Crippen LogP contribution in [-0.2, 0) is 9.53 Å². The predicted octanol–water partition coefficient (Wildman–Crippen LogP) is 3.60. The molecular weight excluding hydrogens is 285 g/mol. The van der Waals surface area contributed by atoms with E-state index in [1.54, 1.807) is 0 Å². The van der Waals surface area contributed by atoms with Gasteiger partial charge in [0, 0.05) is 6.07 Å². The lowest BCUT2D eigenvalue weighted by molar-refractivity contribution is -0.158. The van der Waals surface area contributed by atoms with E-state index in [1.165, 1.54) is 18.6 Å². The van der Waals surface area contributed by atoms with Gasteiger partial charge in [-0.15, -0.1) is 0 Å². The highest BCUT2D eigenvalue weighted by Gasteiger charge is 2.33. The number of hydrogen-bond donors (Lipinski definition) is 0. The van der Waals surface area contributed by atoms with Crippen molar-refractivity contribution >= 4 is 5.97 Å². The molecule has 5 heteroatoms. The summed E-state index contributed by atoms with van der Waals surface area (Å²) < 4.78 is 23.6. The van der Waals surface area contributed by atoms with Gasteiger partial charge in [0.15, 0.2) is 6.61 Å². The van der Waals surface area contributed by atoms with Crippen molar-refractivity contribution in [1.29, 1.82) is 0 Å². The molecule has 4 nitrogen and oxygen atoms in total. The van der Waals surface area contributed by atoms with Crippen molar-refractivity contribution in [1.82, 2.24) is 4.98 Å². The number of pyridine rings is 1. The molecule has 0 radical (unpaired) electrons. The molecule has 1 heterocycles. The number of carbonyl (C=O) groups is 1. The minimum atomic E-state index is -0.439. The van der Waals surface area contributed by atoms with Gasteiger partial charge < -0.3 is 9.47 Å². The first-order valence-electron chi connectivity index (χ1n) is 7.89. The van der Waals surface area contributed by atoms with Crippen LogP contribution in [0.1, 0.15) is 40.0 Å². The van der Waals surface area contributed by atoms with Gasteiger partial charge in [-0.05, 0) is 36.7 Å². The molecule has 22 heavy (non-hydrogen) atoms. The van der Waals surface area contributed by atoms with Crippen molar-refractivity contribution in [3.8, 4) is 5.88 Å². The predicted molar refractivity (Wildman–Crippen MR) is 80.9 cm³/mol. The summed E-state index contributed by atoms with van der Waals surface area (Å²) in [6.07, 6.45) is 4.20. The molecule has 0 saturated heterocycles. The van der Waals surface area contributed by atoms with E-state index >= 15 is 0 Å². The maximum absolute atomic E-state index is 12.7. The molecule has 3 atom stereocenters. The first-order valence-corrected chi connectivity index (χ1v) is 7.89. The van der Waals surface area contributed by atoms with Gasteiger partial charge in [0.1, 0.15) is 11.9 Å². The van der Waals surface area contributed by atoms with E-state index in [0.29, 0.717) is 17.8 Å². The summed E-state index contributed by atoms with van der Waals surface area (Å²) in [5.74, 6) is 0.860. The molecule has 2 rings (SSSR count). The lowest BCUT2D eigenvalue weighted by Crippen LogP contribution is -2.37. The number of rotatable bonds is 5. The summed E-state index contributed by atoms with van der Waals surface area (Å²) in [4.78, 5) is 15.7. The number of esters is 1. The highest BCUT2D eigenvalue weighted by molar-refractivity contribution is 5.71. The van der Waals surface area contributed by atoms with E-state index in [4.69, 9.17) is 9.47 Å². The van der Waals surface area contributed by atoms with Gasteiger partial charge in [0.25, 0.3) is 0 Å². The average Bonchev–Trinajstić information content (AvgIpc) is 2.46. The summed E-state index contributed by atoms with van der Waals surface area (Å²) in [7, 11) is 0. The van der Waals surface area contributed by atoms with Crippen molar-refractivity contribution in [3.05, 3.63) is 24.1 Å². The fourth-order valence-corrected chi connectivity index (χ4v) is 3.03. The van der Waals surface area contributed by atoms with Crippen LogP contribution in [0.5, 0.6) is 5.88 Å². The second kappa shape index (κ2) is 7.56. The lowest BCUT2D eigenvalue weighted by Gasteiger charge is -2.36. The Labute approximate surface area is 131 Å². The molecule has 122 valence electrons. The number of hydrogen-bond acceptors (Lipinski definition) is 4. The zero-order valence-corrected chi connectivity index (χ0v) is 13.4. The van der Waals surface area contributed by atoms with Gasteiger partial charge in [-0.1, -0.05) is 27.2 Å². The van der Waals surface area contributed by atoms with Crippen LogP contribution < -0.4 is 4.74 Å². The van der Waals surface area contributed by atoms with Crippen LogP contribution in [0, 0.1) is 23.6 Å². The molecule has 0 amide bonds. The molecule has 0 spiro atoms. The van der Waals surface area contributed by atoms with Crippen LogP contribution in [0.3, 0.4) is 0 Å². The van der Waals surface area contributed by atoms with Crippen LogP contribution in [0.4, 0.5) is 4.39 Å². The van der Waals surface area contributed by atoms with Crippen molar-refractivity contribution < 1.29 is 18.7 Å². The van der Waals surface area contributed by atoms with Gasteiger partial charge in [-0.2, -0.15) is 0 Å². The minimum absolute atomic E-state index is 0.0407. The summed E-state index contributed by atoms with van der Waals surface area (Å²) >= 11 is 0. The van der Waals surface area contributed by atoms with E-state index in [1.807, 2.05) is 0 Å². The van der Waals surface area contributed by atoms with Crippen LogP contribution >= 0.6 is 0 Å². The number of carbonyl (C=O) groups excluding carboxylic acids is 1. The lowest BCUT2D eigenvalue weighted by atomic mass is 9.75. The Hall–Kier alpha value is -1.65. The normalized spacial score (nSPS) is 25.0. The van der Waals surface area contributed by atoms with Crippen molar-refractivity contribution in [2.24, 2.45) is 17.8 Å². The largest absolute Gasteiger partial charge is 0.466 e. The van der Waals surface area contributed by atoms with Gasteiger partial charge in [0.05, 0.1) is 6.20 Å². The summed E-state index contributed by atoms with van der Waals surface area (Å²) in [6, 6.07) is 2.63. The maximum atomic E-state index is 12.7. The van der Waals surface area contributed by atoms with Crippen molar-refractivity contribution in [3.63, 3.8) is 0 Å². The second-order valence-corrected chi connectivity index (χ2v) is 6.46. The van der Waals surface area contributed by atoms with E-state index in [0.717, 1.165) is 19.0 Å². The SMILES string of the molecule is CC(C)[C@H]1CC[C@H](C)C[C@@H]1OC(=O)COc1ccc(F)cn1. The Bertz CT molecular complexity index is 489. The zero-order valence-electron chi connectivity index (χ0n) is 13.4. The third-order valence-electron chi connectivity index (χ3n) is 4.28. The standard InChI is InChI=1S/C17H24FNO3/c1-11(2)14-6-4-12(3)8-15(14)22-17(20)10-21-16-7-5-13(18)9-19-16/h5,7,9,11-12,14-15H,4,6,8,10H2,1-3H3/t12-,14+,15-/m0/s1. The van der Waals surface area contributed by atoms with Crippen LogP contribution in [0.25, 0.3) is 0 Å². The van der Waals surface area contributed by atoms with Crippen LogP contribution in [0.15, 0.2) is 18.3 Å². The molecule has 1 aromatic heterocycles. The second-order valence-electron chi connectivity index (χ2n) is 6.46. The van der Waals surface area contributed by atoms with Gasteiger partial charge >= 0.3 is 5.97 Å². The van der Waals surface area contributed by atoms with Crippen molar-refractivity contribution in [2.75, 3.05) is 6.61 Å². The summed E-state index contributed by atoms with van der Waals surface area (Å²) in [5.41, 5.74) is 0. The number of ether oxygens (including phenoxy) is 2. The highest BCUT2D eigenvalue weighted by Crippen LogP contribution is 2.35. The fraction of sp³-hybridized carbons (Fsp3) is 0.647. The molecule has 1 aromatic rings. The van der Waals surface area contributed by atoms with E-state index in [2.05, 4.69) is 25.8 Å². The summed E-state index contributed by atoms with van der Waals surface area (Å²) in [5, 5.41) is 0. The first-order chi connectivity index (χ1) is 10.5. The number of nitrogens with zero attached hydrogens (tertiary/aromatic N) is 1. The van der Waals surface area contributed by atoms with Crippen molar-refractivity contribution in [2.45, 2.75) is 46.1 Å². The van der Waals surface area contributed by atoms with Crippen LogP contribution in [0.2, 0.25) is 0 Å². The highest BCUT2D eigenvalue weighted by atomic mass is 19.1. The number of aromatic nitrogens is 1. The molecule has 0 aliphatic heterocycles. The van der Waals surface area contributed by atoms with Gasteiger partial charge in [-0.3, -0.25) is 0 Å². The fourth-order valence-electron chi connectivity index (χ4n) is 3.03. The third kappa shape index (κ3) is 4.68. The first kappa shape index (κ1) is 16.7. The number of halogens is 1. The van der Waals surface area contributed by atoms with Gasteiger partial charge in [-0.25, -0.2) is 14.2 Å². The smallest absolute Gasteiger partial charge is 0.344 e. The van der Waals surface area contributed by atoms with Gasteiger partial charge in [0.2, 0.25) is 5.88 Å². The maximum Gasteiger partial charge on any atom is 0.344 e. The molecule has 0 unspecified atom stereocenters. The molecule has 1 saturated carbocycles. The Balaban J connectivity index is 1.85. The third-order valence-corrected chi connectivity index (χ3v) is 4.28. The molecule has 0 aromatic carbocycles. The Morgan fingerprint density at radius 3 is 2.82 bits per heavy atom. The minimum Gasteiger partial charge on any atom is -0.466 e. The van der Waals surface area contributed by atoms with E-state index in [-0.39, 0.29) is 18.6 Å². The molecule has 1 aliphatic carbocycles. The van der Waals surface area contributed by atoms with E-state index < -0.39 is 11.8 Å². The molecule has 1 fully saturated rings. The zero-order chi connectivity index (χ0) is 16.1. The Kier molecular flexibility index (Phi) is 5.75.